The first-order chi connectivity index (χ1) is 12.0. The van der Waals surface area contributed by atoms with Crippen LogP contribution in [-0.4, -0.2) is 22.4 Å². The van der Waals surface area contributed by atoms with Crippen molar-refractivity contribution in [2.45, 2.75) is 25.2 Å². The third-order valence-electron chi connectivity index (χ3n) is 3.84. The van der Waals surface area contributed by atoms with Gasteiger partial charge in [0.15, 0.2) is 0 Å². The number of thioether (sulfide) groups is 1. The number of anilines is 1. The maximum absolute atomic E-state index is 12.2. The molecule has 1 heterocycles. The van der Waals surface area contributed by atoms with Gasteiger partial charge in [0.25, 0.3) is 0 Å². The number of carbonyl (C=O) groups excluding carboxylic acids is 1. The van der Waals surface area contributed by atoms with Crippen LogP contribution in [0, 0.1) is 13.8 Å². The fourth-order valence-corrected chi connectivity index (χ4v) is 2.93. The molecule has 1 aromatic heterocycles. The second kappa shape index (κ2) is 7.53. The lowest BCUT2D eigenvalue weighted by atomic mass is 10.0. The van der Waals surface area contributed by atoms with Crippen molar-refractivity contribution in [3.8, 4) is 11.5 Å². The van der Waals surface area contributed by atoms with E-state index < -0.39 is 0 Å². The molecule has 0 spiro atoms. The van der Waals surface area contributed by atoms with E-state index in [-0.39, 0.29) is 18.3 Å². The summed E-state index contributed by atoms with van der Waals surface area (Å²) in [6, 6.07) is 14.0. The van der Waals surface area contributed by atoms with Crippen LogP contribution in [0.4, 0.5) is 6.01 Å². The molecule has 1 amide bonds. The summed E-state index contributed by atoms with van der Waals surface area (Å²) in [5, 5.41) is 10.6. The summed E-state index contributed by atoms with van der Waals surface area (Å²) in [4.78, 5) is 13.4. The van der Waals surface area contributed by atoms with Crippen molar-refractivity contribution < 1.29 is 9.21 Å². The number of nitrogens with one attached hydrogen (secondary N) is 1. The van der Waals surface area contributed by atoms with Gasteiger partial charge in [0.2, 0.25) is 11.8 Å². The quantitative estimate of drug-likeness (QED) is 0.694. The molecule has 0 bridgehead atoms. The van der Waals surface area contributed by atoms with E-state index in [0.717, 1.165) is 27.1 Å². The smallest absolute Gasteiger partial charge is 0.322 e. The zero-order valence-electron chi connectivity index (χ0n) is 14.4. The Balaban J connectivity index is 1.70. The molecule has 128 valence electrons. The molecular formula is C19H19N3O2S. The van der Waals surface area contributed by atoms with Crippen LogP contribution < -0.4 is 5.32 Å². The summed E-state index contributed by atoms with van der Waals surface area (Å²) >= 11 is 1.64. The molecule has 6 heteroatoms. The Morgan fingerprint density at radius 2 is 2.00 bits per heavy atom. The largest absolute Gasteiger partial charge is 0.403 e. The number of amides is 1. The fourth-order valence-electron chi connectivity index (χ4n) is 2.47. The van der Waals surface area contributed by atoms with E-state index in [1.165, 1.54) is 0 Å². The van der Waals surface area contributed by atoms with Crippen LogP contribution in [0.25, 0.3) is 11.5 Å². The molecule has 3 aromatic rings. The van der Waals surface area contributed by atoms with Crippen LogP contribution in [0.2, 0.25) is 0 Å². The van der Waals surface area contributed by atoms with Gasteiger partial charge < -0.3 is 4.42 Å². The van der Waals surface area contributed by atoms with E-state index in [0.29, 0.717) is 5.89 Å². The van der Waals surface area contributed by atoms with Gasteiger partial charge in [-0.2, -0.15) is 0 Å². The monoisotopic (exact) mass is 353 g/mol. The molecule has 0 saturated heterocycles. The Hall–Kier alpha value is -2.60. The zero-order chi connectivity index (χ0) is 17.8. The molecule has 0 aliphatic heterocycles. The topological polar surface area (TPSA) is 68.0 Å². The number of hydrogen-bond acceptors (Lipinski definition) is 5. The Bertz CT molecular complexity index is 905. The van der Waals surface area contributed by atoms with Crippen molar-refractivity contribution in [3.05, 3.63) is 59.2 Å². The third-order valence-corrected chi connectivity index (χ3v) is 4.57. The van der Waals surface area contributed by atoms with Crippen LogP contribution in [0.15, 0.2) is 51.8 Å². The van der Waals surface area contributed by atoms with Gasteiger partial charge in [0, 0.05) is 10.5 Å². The maximum atomic E-state index is 12.2. The van der Waals surface area contributed by atoms with Crippen LogP contribution >= 0.6 is 11.8 Å². The van der Waals surface area contributed by atoms with Gasteiger partial charge in [0.05, 0.1) is 6.42 Å². The lowest BCUT2D eigenvalue weighted by molar-refractivity contribution is -0.115. The number of nitrogens with zero attached hydrogens (tertiary/aromatic N) is 2. The Kier molecular flexibility index (Phi) is 5.19. The number of benzene rings is 2. The number of hydrogen-bond donors (Lipinski definition) is 1. The van der Waals surface area contributed by atoms with Crippen LogP contribution in [0.5, 0.6) is 0 Å². The van der Waals surface area contributed by atoms with Crippen LogP contribution in [0.3, 0.4) is 0 Å². The molecule has 0 fully saturated rings. The minimum atomic E-state index is -0.179. The minimum Gasteiger partial charge on any atom is -0.403 e. The first kappa shape index (κ1) is 17.2. The molecule has 0 atom stereocenters. The molecule has 0 aliphatic carbocycles. The van der Waals surface area contributed by atoms with Gasteiger partial charge >= 0.3 is 6.01 Å². The van der Waals surface area contributed by atoms with E-state index in [1.54, 1.807) is 11.8 Å². The summed E-state index contributed by atoms with van der Waals surface area (Å²) in [6.07, 6.45) is 2.28. The summed E-state index contributed by atoms with van der Waals surface area (Å²) < 4.78 is 5.57. The number of aryl methyl sites for hydroxylation is 2. The molecular weight excluding hydrogens is 334 g/mol. The van der Waals surface area contributed by atoms with E-state index >= 15 is 0 Å². The molecule has 1 N–H and O–H groups in total. The molecule has 2 aromatic carbocycles. The Morgan fingerprint density at radius 3 is 2.80 bits per heavy atom. The normalized spacial score (nSPS) is 10.7. The summed E-state index contributed by atoms with van der Waals surface area (Å²) in [5.74, 6) is 0.208. The lowest BCUT2D eigenvalue weighted by Gasteiger charge is -2.06. The highest BCUT2D eigenvalue weighted by atomic mass is 32.2. The predicted octanol–water partition coefficient (Wildman–Crippen LogP) is 4.26. The van der Waals surface area contributed by atoms with Gasteiger partial charge in [-0.3, -0.25) is 10.1 Å². The standard InChI is InChI=1S/C19H19N3O2S/c1-12-7-8-13(2)15(9-12)11-17(23)20-19-22-21-18(24-19)14-5-4-6-16(10-14)25-3/h4-10H,11H2,1-3H3,(H,20,22,23). The minimum absolute atomic E-state index is 0.111. The number of aromatic nitrogens is 2. The molecule has 0 saturated carbocycles. The highest BCUT2D eigenvalue weighted by molar-refractivity contribution is 7.98. The average Bonchev–Trinajstić information content (AvgIpc) is 3.06. The second-order valence-corrected chi connectivity index (χ2v) is 6.68. The molecule has 0 unspecified atom stereocenters. The molecule has 3 rings (SSSR count). The fraction of sp³-hybridized carbons (Fsp3) is 0.211. The zero-order valence-corrected chi connectivity index (χ0v) is 15.2. The number of rotatable bonds is 5. The Labute approximate surface area is 150 Å². The van der Waals surface area contributed by atoms with Crippen LogP contribution in [0.1, 0.15) is 16.7 Å². The maximum Gasteiger partial charge on any atom is 0.322 e. The van der Waals surface area contributed by atoms with Crippen molar-refractivity contribution >= 4 is 23.7 Å². The molecule has 0 radical (unpaired) electrons. The molecule has 5 nitrogen and oxygen atoms in total. The van der Waals surface area contributed by atoms with Crippen molar-refractivity contribution in [2.24, 2.45) is 0 Å². The van der Waals surface area contributed by atoms with E-state index in [2.05, 4.69) is 15.5 Å². The third kappa shape index (κ3) is 4.28. The summed E-state index contributed by atoms with van der Waals surface area (Å²) in [5.41, 5.74) is 4.03. The highest BCUT2D eigenvalue weighted by Gasteiger charge is 2.13. The van der Waals surface area contributed by atoms with Crippen molar-refractivity contribution in [1.82, 2.24) is 10.2 Å². The SMILES string of the molecule is CSc1cccc(-c2nnc(NC(=O)Cc3cc(C)ccc3C)o2)c1. The summed E-state index contributed by atoms with van der Waals surface area (Å²) in [6.45, 7) is 4.00. The second-order valence-electron chi connectivity index (χ2n) is 5.80. The molecule has 25 heavy (non-hydrogen) atoms. The van der Waals surface area contributed by atoms with Gasteiger partial charge in [-0.15, -0.1) is 16.9 Å². The van der Waals surface area contributed by atoms with Gasteiger partial charge in [-0.1, -0.05) is 34.9 Å². The number of carbonyl (C=O) groups is 1. The van der Waals surface area contributed by atoms with Crippen molar-refractivity contribution in [3.63, 3.8) is 0 Å². The van der Waals surface area contributed by atoms with E-state index in [9.17, 15) is 4.79 Å². The highest BCUT2D eigenvalue weighted by Crippen LogP contribution is 2.24. The van der Waals surface area contributed by atoms with Crippen molar-refractivity contribution in [2.75, 3.05) is 11.6 Å². The Morgan fingerprint density at radius 1 is 1.16 bits per heavy atom. The lowest BCUT2D eigenvalue weighted by Crippen LogP contribution is -2.15. The van der Waals surface area contributed by atoms with Crippen molar-refractivity contribution in [1.29, 1.82) is 0 Å². The van der Waals surface area contributed by atoms with E-state index in [4.69, 9.17) is 4.42 Å². The first-order valence-electron chi connectivity index (χ1n) is 7.89. The van der Waals surface area contributed by atoms with Gasteiger partial charge in [0.1, 0.15) is 0 Å². The first-order valence-corrected chi connectivity index (χ1v) is 9.11. The summed E-state index contributed by atoms with van der Waals surface area (Å²) in [7, 11) is 0. The predicted molar refractivity (Wildman–Crippen MR) is 99.8 cm³/mol. The van der Waals surface area contributed by atoms with Crippen LogP contribution in [-0.2, 0) is 11.2 Å². The van der Waals surface area contributed by atoms with Gasteiger partial charge in [-0.25, -0.2) is 0 Å². The van der Waals surface area contributed by atoms with Gasteiger partial charge in [-0.05, 0) is 49.4 Å². The van der Waals surface area contributed by atoms with E-state index in [1.807, 2.05) is 62.6 Å². The average molecular weight is 353 g/mol. The molecule has 0 aliphatic rings.